The molecule has 0 nitrogen and oxygen atoms in total. The number of hydrogen-bond acceptors (Lipinski definition) is 0. The third kappa shape index (κ3) is 11.2. The van der Waals surface area contributed by atoms with Gasteiger partial charge in [-0.1, -0.05) is 27.2 Å². The van der Waals surface area contributed by atoms with Crippen molar-refractivity contribution in [1.29, 1.82) is 0 Å². The van der Waals surface area contributed by atoms with Crippen molar-refractivity contribution in [2.24, 2.45) is 5.41 Å². The molecule has 0 amide bonds. The molecule has 0 radical (unpaired) electrons. The monoisotopic (exact) mass is 352 g/mol. The molecule has 0 atom stereocenters. The van der Waals surface area contributed by atoms with E-state index in [1.54, 1.807) is 0 Å². The molecule has 0 aromatic carbocycles. The van der Waals surface area contributed by atoms with E-state index in [0.717, 1.165) is 6.42 Å². The maximum Gasteiger partial charge on any atom is 0 e. The summed E-state index contributed by atoms with van der Waals surface area (Å²) in [5.74, 6) is 0. The summed E-state index contributed by atoms with van der Waals surface area (Å²) in [6.45, 7) is 10.3. The zero-order chi connectivity index (χ0) is 5.21. The van der Waals surface area contributed by atoms with E-state index in [9.17, 15) is 0 Å². The van der Waals surface area contributed by atoms with E-state index in [0.29, 0.717) is 5.41 Å². The summed E-state index contributed by atoms with van der Waals surface area (Å²) in [5.41, 5.74) is 0.292. The molecule has 0 rings (SSSR count). The van der Waals surface area contributed by atoms with Gasteiger partial charge in [0.1, 0.15) is 0 Å². The van der Waals surface area contributed by atoms with Crippen molar-refractivity contribution in [3.05, 3.63) is 6.92 Å². The SMILES string of the molecule is [CH2-]C(C)(C)CC.[Rf]. The topological polar surface area (TPSA) is 0 Å². The Morgan fingerprint density at radius 1 is 1.43 bits per heavy atom. The fourth-order valence-corrected chi connectivity index (χ4v) is 0. The molecular weight excluding hydrogens is 339 g/mol. The van der Waals surface area contributed by atoms with Gasteiger partial charge in [0.25, 0.3) is 0 Å². The van der Waals surface area contributed by atoms with Gasteiger partial charge in [-0.2, -0.15) is 5.41 Å². The first-order chi connectivity index (χ1) is 2.56. The maximum absolute atomic E-state index is 3.89. The number of rotatable bonds is 1. The summed E-state index contributed by atoms with van der Waals surface area (Å²) in [6, 6.07) is 0. The van der Waals surface area contributed by atoms with Crippen LogP contribution in [0.2, 0.25) is 0 Å². The predicted octanol–water partition coefficient (Wildman–Crippen LogP) is 2.26. The van der Waals surface area contributed by atoms with Gasteiger partial charge in [0, 0.05) is 0 Å². The van der Waals surface area contributed by atoms with Crippen molar-refractivity contribution < 1.29 is 0 Å². The molecule has 0 fully saturated rings. The van der Waals surface area contributed by atoms with Crippen molar-refractivity contribution in [3.8, 4) is 0 Å². The molecule has 0 aliphatic rings. The molecule has 0 aromatic rings. The van der Waals surface area contributed by atoms with E-state index in [1.807, 2.05) is 0 Å². The van der Waals surface area contributed by atoms with Gasteiger partial charge in [-0.15, -0.1) is 0 Å². The van der Waals surface area contributed by atoms with Crippen LogP contribution in [0.5, 0.6) is 0 Å². The molecule has 0 spiro atoms. The molecule has 7 heavy (non-hydrogen) atoms. The Morgan fingerprint density at radius 3 is 1.57 bits per heavy atom. The average molecular weight is 352 g/mol. The largest absolute Gasteiger partial charge is 0.338 e. The van der Waals surface area contributed by atoms with Crippen molar-refractivity contribution in [2.75, 3.05) is 0 Å². The molecule has 0 aliphatic heterocycles. The first kappa shape index (κ1) is 9.38. The summed E-state index contributed by atoms with van der Waals surface area (Å²) < 4.78 is 0. The Hall–Kier alpha value is -1.00. The molecular formula is C6H13Rf-. The molecule has 0 bridgehead atoms. The second-order valence-corrected chi connectivity index (χ2v) is 2.52. The normalized spacial score (nSPS) is 10.3. The van der Waals surface area contributed by atoms with Crippen LogP contribution in [0.4, 0.5) is 0 Å². The molecule has 0 saturated heterocycles. The van der Waals surface area contributed by atoms with E-state index in [1.165, 1.54) is 0 Å². The van der Waals surface area contributed by atoms with Gasteiger partial charge in [0.2, 0.25) is 0 Å². The molecule has 1 heteroatoms. The van der Waals surface area contributed by atoms with Crippen molar-refractivity contribution in [3.63, 3.8) is 0 Å². The molecule has 0 saturated carbocycles. The summed E-state index contributed by atoms with van der Waals surface area (Å²) in [5, 5.41) is 0. The molecule has 0 heterocycles. The first-order valence-corrected chi connectivity index (χ1v) is 2.41. The predicted molar refractivity (Wildman–Crippen MR) is 29.4 cm³/mol. The van der Waals surface area contributed by atoms with Crippen LogP contribution in [0.1, 0.15) is 27.2 Å². The van der Waals surface area contributed by atoms with Crippen LogP contribution in [-0.4, -0.2) is 0 Å². The van der Waals surface area contributed by atoms with Crippen LogP contribution < -0.4 is 0 Å². The van der Waals surface area contributed by atoms with Crippen LogP contribution in [0.15, 0.2) is 0 Å². The Bertz CT molecular complexity index is 33.9. The van der Waals surface area contributed by atoms with Gasteiger partial charge in [0.05, 0.1) is 0 Å². The average Bonchev–Trinajstić information content (AvgIpc) is 1.35. The van der Waals surface area contributed by atoms with E-state index in [-0.39, 0.29) is 0 Å². The molecule has 40 valence electrons. The first-order valence-electron chi connectivity index (χ1n) is 2.41. The molecule has 0 aliphatic carbocycles. The second kappa shape index (κ2) is 2.22. The fraction of sp³-hybridized carbons (Fsp3) is 0.833. The second-order valence-electron chi connectivity index (χ2n) is 2.52. The molecule has 0 aromatic heterocycles. The smallest absolute Gasteiger partial charge is 0 e. The van der Waals surface area contributed by atoms with Gasteiger partial charge < -0.3 is 6.92 Å². The molecule has 0 unspecified atom stereocenters. The van der Waals surface area contributed by atoms with Crippen molar-refractivity contribution in [2.45, 2.75) is 27.2 Å². The van der Waals surface area contributed by atoms with Gasteiger partial charge in [-0.3, -0.25) is 0 Å². The van der Waals surface area contributed by atoms with E-state index >= 15 is 0 Å². The minimum absolute atomic E-state index is 0. The minimum Gasteiger partial charge on any atom is -0.338 e. The van der Waals surface area contributed by atoms with Crippen molar-refractivity contribution in [1.82, 2.24) is 0 Å². The van der Waals surface area contributed by atoms with Gasteiger partial charge in [-0.05, 0) is 0 Å². The van der Waals surface area contributed by atoms with Crippen LogP contribution in [0, 0.1) is 12.3 Å². The summed E-state index contributed by atoms with van der Waals surface area (Å²) in [6.07, 6.45) is 1.16. The third-order valence-corrected chi connectivity index (χ3v) is 0.957. The van der Waals surface area contributed by atoms with Crippen LogP contribution in [0.25, 0.3) is 0 Å². The summed E-state index contributed by atoms with van der Waals surface area (Å²) >= 11 is 0. The molecule has 0 N–H and O–H groups in total. The van der Waals surface area contributed by atoms with Gasteiger partial charge in [0.15, 0.2) is 0 Å². The van der Waals surface area contributed by atoms with E-state index in [2.05, 4.69) is 27.7 Å². The van der Waals surface area contributed by atoms with Crippen LogP contribution in [0.3, 0.4) is 0 Å². The van der Waals surface area contributed by atoms with Gasteiger partial charge in [-0.25, -0.2) is 0 Å². The Balaban J connectivity index is 0. The quantitative estimate of drug-likeness (QED) is 0.635. The van der Waals surface area contributed by atoms with E-state index < -0.39 is 0 Å². The maximum atomic E-state index is 3.89. The summed E-state index contributed by atoms with van der Waals surface area (Å²) in [7, 11) is 0. The Kier molecular flexibility index (Phi) is 2.98. The Labute approximate surface area is 40.6 Å². The Morgan fingerprint density at radius 2 is 1.57 bits per heavy atom. The summed E-state index contributed by atoms with van der Waals surface area (Å²) in [4.78, 5) is 0. The zero-order valence-corrected chi connectivity index (χ0v) is 12.0. The fourth-order valence-electron chi connectivity index (χ4n) is 0. The zero-order valence-electron chi connectivity index (χ0n) is 5.62. The van der Waals surface area contributed by atoms with Gasteiger partial charge >= 0.3 is 0 Å². The third-order valence-electron chi connectivity index (χ3n) is 0.957. The number of hydrogen-bond donors (Lipinski definition) is 0. The van der Waals surface area contributed by atoms with Crippen molar-refractivity contribution >= 4 is 0 Å². The van der Waals surface area contributed by atoms with Crippen LogP contribution >= 0.6 is 0 Å². The standard InChI is InChI=1S/C6H13.Rf/c1-5-6(2,3)4;/h2,5H2,1,3-4H3;/q-1;. The minimum atomic E-state index is 0. The van der Waals surface area contributed by atoms with Crippen LogP contribution in [-0.2, 0) is 0 Å². The van der Waals surface area contributed by atoms with E-state index in [4.69, 9.17) is 0 Å².